The van der Waals surface area contributed by atoms with Crippen LogP contribution in [0.15, 0.2) is 71.8 Å². The standard InChI is InChI=1S/C32H29F4N3O2/c1-38-10-12-39(13-11-38)26-6-4-22(5-7-26)32(41)37-25-18-23(14-20-2-8-27(33)29(35)16-20)31(40)24(19-25)15-21-3-9-28(34)30(36)17-21/h2-9,14-17,25H,10-13,18-19H2,1H3,(H,37,41)/b23-14+,24-15+. The Morgan fingerprint density at radius 2 is 1.27 bits per heavy atom. The minimum Gasteiger partial charge on any atom is -0.369 e. The summed E-state index contributed by atoms with van der Waals surface area (Å²) in [5, 5.41) is 2.97. The number of hydrogen-bond donors (Lipinski definition) is 1. The molecule has 9 heteroatoms. The number of piperazine rings is 1. The highest BCUT2D eigenvalue weighted by Gasteiger charge is 2.29. The Hall–Kier alpha value is -4.24. The van der Waals surface area contributed by atoms with Crippen molar-refractivity contribution < 1.29 is 27.2 Å². The second-order valence-corrected chi connectivity index (χ2v) is 10.4. The summed E-state index contributed by atoms with van der Waals surface area (Å²) in [6.45, 7) is 3.73. The zero-order valence-corrected chi connectivity index (χ0v) is 22.5. The predicted molar refractivity (Wildman–Crippen MR) is 150 cm³/mol. The molecule has 2 aliphatic rings. The molecular formula is C32H29F4N3O2. The molecule has 1 aliphatic carbocycles. The second kappa shape index (κ2) is 12.1. The molecule has 212 valence electrons. The molecule has 0 bridgehead atoms. The van der Waals surface area contributed by atoms with Crippen molar-refractivity contribution in [2.45, 2.75) is 18.9 Å². The Labute approximate surface area is 235 Å². The quantitative estimate of drug-likeness (QED) is 0.323. The van der Waals surface area contributed by atoms with Crippen LogP contribution in [-0.4, -0.2) is 55.9 Å². The van der Waals surface area contributed by atoms with Crippen molar-refractivity contribution in [1.29, 1.82) is 0 Å². The molecule has 1 N–H and O–H groups in total. The molecule has 5 rings (SSSR count). The van der Waals surface area contributed by atoms with Gasteiger partial charge in [-0.3, -0.25) is 9.59 Å². The fraction of sp³-hybridized carbons (Fsp3) is 0.250. The van der Waals surface area contributed by atoms with Gasteiger partial charge >= 0.3 is 0 Å². The van der Waals surface area contributed by atoms with Gasteiger partial charge in [-0.2, -0.15) is 0 Å². The lowest BCUT2D eigenvalue weighted by Gasteiger charge is -2.34. The summed E-state index contributed by atoms with van der Waals surface area (Å²) >= 11 is 0. The van der Waals surface area contributed by atoms with Crippen LogP contribution in [0.4, 0.5) is 23.2 Å². The Morgan fingerprint density at radius 3 is 1.76 bits per heavy atom. The van der Waals surface area contributed by atoms with Gasteiger partial charge in [0, 0.05) is 54.6 Å². The predicted octanol–water partition coefficient (Wildman–Crippen LogP) is 5.62. The number of nitrogens with zero attached hydrogens (tertiary/aromatic N) is 2. The van der Waals surface area contributed by atoms with Crippen LogP contribution in [0.5, 0.6) is 0 Å². The number of nitrogens with one attached hydrogen (secondary N) is 1. The van der Waals surface area contributed by atoms with Gasteiger partial charge in [-0.05, 0) is 91.7 Å². The van der Waals surface area contributed by atoms with Crippen LogP contribution in [0.2, 0.25) is 0 Å². The number of likely N-dealkylation sites (N-methyl/N-ethyl adjacent to an activating group) is 1. The molecule has 1 amide bonds. The maximum Gasteiger partial charge on any atom is 0.251 e. The van der Waals surface area contributed by atoms with Gasteiger partial charge < -0.3 is 15.1 Å². The Balaban J connectivity index is 1.38. The minimum atomic E-state index is -1.05. The highest BCUT2D eigenvalue weighted by molar-refractivity contribution is 6.14. The number of carbonyl (C=O) groups excluding carboxylic acids is 2. The van der Waals surface area contributed by atoms with Crippen LogP contribution >= 0.6 is 0 Å². The molecular weight excluding hydrogens is 534 g/mol. The van der Waals surface area contributed by atoms with Crippen molar-refractivity contribution in [2.24, 2.45) is 0 Å². The smallest absolute Gasteiger partial charge is 0.251 e. The van der Waals surface area contributed by atoms with Gasteiger partial charge in [-0.1, -0.05) is 12.1 Å². The van der Waals surface area contributed by atoms with E-state index in [1.54, 1.807) is 12.1 Å². The Kier molecular flexibility index (Phi) is 8.35. The number of rotatable bonds is 5. The van der Waals surface area contributed by atoms with Gasteiger partial charge in [0.1, 0.15) is 0 Å². The molecule has 0 aromatic heterocycles. The first-order valence-corrected chi connectivity index (χ1v) is 13.4. The fourth-order valence-electron chi connectivity index (χ4n) is 5.11. The monoisotopic (exact) mass is 563 g/mol. The summed E-state index contributed by atoms with van der Waals surface area (Å²) in [6, 6.07) is 13.4. The molecule has 2 fully saturated rings. The number of hydrogen-bond acceptors (Lipinski definition) is 4. The third-order valence-corrected chi connectivity index (χ3v) is 7.42. The maximum atomic E-state index is 13.8. The number of anilines is 1. The largest absolute Gasteiger partial charge is 0.369 e. The van der Waals surface area contributed by atoms with Crippen molar-refractivity contribution in [1.82, 2.24) is 10.2 Å². The molecule has 0 spiro atoms. The number of amides is 1. The minimum absolute atomic E-state index is 0.151. The number of Topliss-reactive ketones (excluding diaryl/α,β-unsaturated/α-hetero) is 1. The summed E-state index contributed by atoms with van der Waals surface area (Å²) in [4.78, 5) is 31.1. The topological polar surface area (TPSA) is 52.6 Å². The van der Waals surface area contributed by atoms with E-state index in [2.05, 4.69) is 22.2 Å². The van der Waals surface area contributed by atoms with Gasteiger partial charge in [-0.25, -0.2) is 17.6 Å². The molecule has 3 aromatic rings. The van der Waals surface area contributed by atoms with Crippen molar-refractivity contribution in [3.8, 4) is 0 Å². The molecule has 0 unspecified atom stereocenters. The summed E-state index contributed by atoms with van der Waals surface area (Å²) < 4.78 is 54.6. The van der Waals surface area contributed by atoms with Crippen molar-refractivity contribution in [2.75, 3.05) is 38.1 Å². The third-order valence-electron chi connectivity index (χ3n) is 7.42. The molecule has 0 atom stereocenters. The first kappa shape index (κ1) is 28.3. The number of benzene rings is 3. The first-order chi connectivity index (χ1) is 19.7. The van der Waals surface area contributed by atoms with E-state index in [-0.39, 0.29) is 46.8 Å². The summed E-state index contributed by atoms with van der Waals surface area (Å²) in [5.74, 6) is -4.82. The van der Waals surface area contributed by atoms with Gasteiger partial charge in [0.2, 0.25) is 0 Å². The number of ketones is 1. The van der Waals surface area contributed by atoms with Crippen molar-refractivity contribution >= 4 is 29.5 Å². The molecule has 3 aromatic carbocycles. The van der Waals surface area contributed by atoms with Crippen LogP contribution < -0.4 is 10.2 Å². The highest BCUT2D eigenvalue weighted by Crippen LogP contribution is 2.30. The average molecular weight is 564 g/mol. The van der Waals surface area contributed by atoms with Crippen LogP contribution in [0.25, 0.3) is 12.2 Å². The van der Waals surface area contributed by atoms with E-state index < -0.39 is 29.3 Å². The summed E-state index contributed by atoms with van der Waals surface area (Å²) in [6.07, 6.45) is 3.20. The Morgan fingerprint density at radius 1 is 0.756 bits per heavy atom. The first-order valence-electron chi connectivity index (χ1n) is 13.4. The molecule has 0 radical (unpaired) electrons. The highest BCUT2D eigenvalue weighted by atomic mass is 19.2. The van der Waals surface area contributed by atoms with Crippen LogP contribution in [-0.2, 0) is 4.79 Å². The normalized spacial score (nSPS) is 20.1. The zero-order chi connectivity index (χ0) is 29.1. The number of carbonyl (C=O) groups is 2. The number of halogens is 4. The lowest BCUT2D eigenvalue weighted by molar-refractivity contribution is -0.113. The molecule has 41 heavy (non-hydrogen) atoms. The third kappa shape index (κ3) is 6.74. The van der Waals surface area contributed by atoms with E-state index in [4.69, 9.17) is 0 Å². The van der Waals surface area contributed by atoms with Crippen LogP contribution in [0.1, 0.15) is 34.3 Å². The van der Waals surface area contributed by atoms with E-state index in [9.17, 15) is 27.2 Å². The van der Waals surface area contributed by atoms with Crippen LogP contribution in [0, 0.1) is 23.3 Å². The van der Waals surface area contributed by atoms with Gasteiger partial charge in [0.05, 0.1) is 0 Å². The SMILES string of the molecule is CN1CCN(c2ccc(C(=O)NC3C/C(=C\c4ccc(F)c(F)c4)C(=O)/C(=C/c4ccc(F)c(F)c4)C3)cc2)CC1. The lowest BCUT2D eigenvalue weighted by Crippen LogP contribution is -2.44. The zero-order valence-electron chi connectivity index (χ0n) is 22.5. The van der Waals surface area contributed by atoms with Crippen molar-refractivity contribution in [3.63, 3.8) is 0 Å². The van der Waals surface area contributed by atoms with E-state index in [1.807, 2.05) is 12.1 Å². The molecule has 1 saturated carbocycles. The summed E-state index contributed by atoms with van der Waals surface area (Å²) in [5.41, 5.74) is 2.60. The lowest BCUT2D eigenvalue weighted by atomic mass is 9.83. The Bertz CT molecular complexity index is 1450. The van der Waals surface area contributed by atoms with E-state index in [0.717, 1.165) is 56.1 Å². The van der Waals surface area contributed by atoms with E-state index in [1.165, 1.54) is 24.3 Å². The van der Waals surface area contributed by atoms with Gasteiger partial charge in [0.15, 0.2) is 29.1 Å². The average Bonchev–Trinajstić information content (AvgIpc) is 2.95. The maximum absolute atomic E-state index is 13.8. The van der Waals surface area contributed by atoms with Crippen LogP contribution in [0.3, 0.4) is 0 Å². The second-order valence-electron chi connectivity index (χ2n) is 10.4. The summed E-state index contributed by atoms with van der Waals surface area (Å²) in [7, 11) is 2.08. The van der Waals surface area contributed by atoms with Gasteiger partial charge in [0.25, 0.3) is 5.91 Å². The van der Waals surface area contributed by atoms with E-state index in [0.29, 0.717) is 5.56 Å². The molecule has 1 saturated heterocycles. The van der Waals surface area contributed by atoms with E-state index >= 15 is 0 Å². The van der Waals surface area contributed by atoms with Crippen molar-refractivity contribution in [3.05, 3.63) is 112 Å². The molecule has 1 heterocycles. The molecule has 1 aliphatic heterocycles. The fourth-order valence-corrected chi connectivity index (χ4v) is 5.11. The molecule has 5 nitrogen and oxygen atoms in total. The van der Waals surface area contributed by atoms with Gasteiger partial charge in [-0.15, -0.1) is 0 Å².